The van der Waals surface area contributed by atoms with E-state index >= 15 is 0 Å². The van der Waals surface area contributed by atoms with Crippen molar-refractivity contribution in [3.63, 3.8) is 0 Å². The Balaban J connectivity index is -0.0000000339. The molecule has 1 aliphatic carbocycles. The molecular formula is C18H39Cl2NO2Ti-4. The van der Waals surface area contributed by atoms with Crippen molar-refractivity contribution in [2.24, 2.45) is 5.92 Å². The van der Waals surface area contributed by atoms with Crippen molar-refractivity contribution in [3.05, 3.63) is 42.9 Å². The van der Waals surface area contributed by atoms with Crippen molar-refractivity contribution in [3.8, 4) is 0 Å². The number of halogens is 2. The predicted molar refractivity (Wildman–Crippen MR) is 113 cm³/mol. The second kappa shape index (κ2) is 28.3. The summed E-state index contributed by atoms with van der Waals surface area (Å²) in [5.41, 5.74) is 10.9. The maximum Gasteiger partial charge on any atom is -0.358 e. The van der Waals surface area contributed by atoms with E-state index in [2.05, 4.69) is 45.5 Å². The minimum Gasteiger partial charge on any atom is -0.358 e. The Morgan fingerprint density at radius 1 is 1.17 bits per heavy atom. The second-order valence-electron chi connectivity index (χ2n) is 5.27. The van der Waals surface area contributed by atoms with Crippen LogP contribution in [0.5, 0.6) is 0 Å². The molecule has 0 heterocycles. The van der Waals surface area contributed by atoms with Gasteiger partial charge in [0, 0.05) is 7.11 Å². The largest absolute Gasteiger partial charge is 0.358 e. The molecule has 24 heavy (non-hydrogen) atoms. The zero-order chi connectivity index (χ0) is 18.2. The molecular weight excluding hydrogens is 381 g/mol. The van der Waals surface area contributed by atoms with Crippen LogP contribution in [0.15, 0.2) is 16.7 Å². The van der Waals surface area contributed by atoms with Crippen molar-refractivity contribution >= 4 is 29.6 Å². The molecule has 0 aromatic carbocycles. The van der Waals surface area contributed by atoms with Crippen LogP contribution in [0.1, 0.15) is 48.5 Å². The number of rotatable bonds is 0. The van der Waals surface area contributed by atoms with Gasteiger partial charge in [-0.2, -0.15) is 11.1 Å². The van der Waals surface area contributed by atoms with Crippen LogP contribution in [-0.2, 0) is 20.0 Å². The van der Waals surface area contributed by atoms with Gasteiger partial charge in [0.25, 0.3) is 0 Å². The van der Waals surface area contributed by atoms with Crippen molar-refractivity contribution in [2.45, 2.75) is 54.0 Å². The van der Waals surface area contributed by atoms with Crippen LogP contribution in [0.4, 0.5) is 0 Å². The average molecular weight is 420 g/mol. The third kappa shape index (κ3) is 38.2. The van der Waals surface area contributed by atoms with Crippen molar-refractivity contribution < 1.29 is 30.2 Å². The molecule has 0 fully saturated rings. The van der Waals surface area contributed by atoms with Gasteiger partial charge in [-0.1, -0.05) is 54.1 Å². The molecule has 0 spiro atoms. The minimum atomic E-state index is -0.250. The van der Waals surface area contributed by atoms with Gasteiger partial charge in [0.2, 0.25) is 0 Å². The molecule has 0 saturated heterocycles. The van der Waals surface area contributed by atoms with Crippen LogP contribution < -0.4 is 0 Å². The first-order valence-corrected chi connectivity index (χ1v) is 7.88. The Hall–Kier alpha value is 0.524. The van der Waals surface area contributed by atoms with Gasteiger partial charge in [0.15, 0.2) is 0 Å². The zero-order valence-electron chi connectivity index (χ0n) is 16.9. The molecule has 0 aromatic rings. The van der Waals surface area contributed by atoms with E-state index in [9.17, 15) is 0 Å². The van der Waals surface area contributed by atoms with E-state index in [1.165, 1.54) is 16.7 Å². The summed E-state index contributed by atoms with van der Waals surface area (Å²) in [6.45, 7) is 17.3. The Labute approximate surface area is 175 Å². The first kappa shape index (κ1) is 44.2. The van der Waals surface area contributed by atoms with Gasteiger partial charge in [-0.15, -0.1) is 37.3 Å². The SMILES string of the molecule is CC(C)(C)[NH-].CC1=[C-]C(C)C(C)=C1C.CO.Cl.Cl.[CH2-]CO.[CH2]=[Ti].[CH3-]. The minimum absolute atomic E-state index is 0. The first-order valence-electron chi connectivity index (χ1n) is 6.77. The quantitative estimate of drug-likeness (QED) is 0.416. The normalized spacial score (nSPS) is 13.8. The van der Waals surface area contributed by atoms with E-state index in [4.69, 9.17) is 15.9 Å². The Morgan fingerprint density at radius 2 is 1.38 bits per heavy atom. The fraction of sp³-hybridized carbons (Fsp3) is 0.611. The van der Waals surface area contributed by atoms with E-state index in [0.717, 1.165) is 7.11 Å². The van der Waals surface area contributed by atoms with Crippen LogP contribution >= 0.6 is 24.8 Å². The molecule has 1 atom stereocenters. The number of aliphatic hydroxyl groups is 2. The molecule has 3 nitrogen and oxygen atoms in total. The van der Waals surface area contributed by atoms with Crippen LogP contribution in [0.2, 0.25) is 0 Å². The van der Waals surface area contributed by atoms with Gasteiger partial charge in [-0.05, 0) is 0 Å². The summed E-state index contributed by atoms with van der Waals surface area (Å²) < 4.78 is 0. The summed E-state index contributed by atoms with van der Waals surface area (Å²) in [6.07, 6.45) is 3.36. The van der Waals surface area contributed by atoms with E-state index in [1.54, 1.807) is 20.0 Å². The van der Waals surface area contributed by atoms with Crippen molar-refractivity contribution in [1.29, 1.82) is 0 Å². The molecule has 0 bridgehead atoms. The average Bonchev–Trinajstić information content (AvgIpc) is 2.60. The van der Waals surface area contributed by atoms with E-state index < -0.39 is 0 Å². The molecule has 1 aliphatic rings. The Kier molecular flexibility index (Phi) is 52.2. The predicted octanol–water partition coefficient (Wildman–Crippen LogP) is 5.24. The molecule has 3 N–H and O–H groups in total. The fourth-order valence-electron chi connectivity index (χ4n) is 1.16. The third-order valence-electron chi connectivity index (χ3n) is 2.24. The monoisotopic (exact) mass is 419 g/mol. The number of hydrogen-bond donors (Lipinski definition) is 2. The summed E-state index contributed by atoms with van der Waals surface area (Å²) >= 11 is 1.75. The summed E-state index contributed by atoms with van der Waals surface area (Å²) in [5.74, 6) is 0.560. The maximum atomic E-state index is 7.46. The van der Waals surface area contributed by atoms with Gasteiger partial charge in [-0.25, -0.2) is 5.57 Å². The smallest absolute Gasteiger partial charge is 0.358 e. The van der Waals surface area contributed by atoms with Crippen LogP contribution in [0.25, 0.3) is 5.73 Å². The molecule has 150 valence electrons. The van der Waals surface area contributed by atoms with E-state index in [-0.39, 0.29) is 44.4 Å². The van der Waals surface area contributed by atoms with Crippen LogP contribution in [0, 0.1) is 26.3 Å². The first-order chi connectivity index (χ1) is 9.54. The molecule has 0 aliphatic heterocycles. The number of nitrogens with one attached hydrogen (secondary N) is 1. The third-order valence-corrected chi connectivity index (χ3v) is 2.24. The Bertz CT molecular complexity index is 296. The van der Waals surface area contributed by atoms with Crippen LogP contribution in [-0.4, -0.2) is 34.3 Å². The summed E-state index contributed by atoms with van der Waals surface area (Å²) in [7, 11) is 1.00. The molecule has 0 aromatic heterocycles. The van der Waals surface area contributed by atoms with E-state index in [1.807, 2.05) is 20.8 Å². The fourth-order valence-corrected chi connectivity index (χ4v) is 1.16. The van der Waals surface area contributed by atoms with Crippen molar-refractivity contribution in [2.75, 3.05) is 13.7 Å². The van der Waals surface area contributed by atoms with Gasteiger partial charge < -0.3 is 30.3 Å². The molecule has 1 rings (SSSR count). The number of allylic oxidation sites excluding steroid dienone is 4. The Morgan fingerprint density at radius 3 is 1.42 bits per heavy atom. The molecule has 0 amide bonds. The summed E-state index contributed by atoms with van der Waals surface area (Å²) in [6, 6.07) is 0. The molecule has 0 saturated carbocycles. The van der Waals surface area contributed by atoms with Gasteiger partial charge in [-0.3, -0.25) is 6.08 Å². The topological polar surface area (TPSA) is 64.3 Å². The van der Waals surface area contributed by atoms with Gasteiger partial charge in [0.1, 0.15) is 0 Å². The zero-order valence-corrected chi connectivity index (χ0v) is 20.1. The number of aliphatic hydroxyl groups excluding tert-OH is 2. The maximum absolute atomic E-state index is 7.46. The summed E-state index contributed by atoms with van der Waals surface area (Å²) in [4.78, 5) is 3.25. The van der Waals surface area contributed by atoms with E-state index in [0.29, 0.717) is 5.92 Å². The summed E-state index contributed by atoms with van der Waals surface area (Å²) in [5, 5.41) is 14.5. The standard InChI is InChI=1S/C9H13.C4H10N.C2H5O.CH4O.CH3.CH2.2ClH.Ti/c1-6-5-7(2)9(4)8(6)3;1-4(2,3)5;1-2-3;1-2;;;;;/h6H,1-4H3;5H,1-3H3;3H,1-2H2;2H,1H3;1H3;1H2;2*1H;/q3*-1;;-1;;;;. The molecule has 1 unspecified atom stereocenters. The molecule has 0 radical (unpaired) electrons. The van der Waals surface area contributed by atoms with Gasteiger partial charge >= 0.3 is 24.8 Å². The van der Waals surface area contributed by atoms with Gasteiger partial charge in [0.05, 0.1) is 0 Å². The second-order valence-corrected chi connectivity index (χ2v) is 5.27. The number of hydrogen-bond acceptors (Lipinski definition) is 2. The van der Waals surface area contributed by atoms with Crippen molar-refractivity contribution in [1.82, 2.24) is 0 Å². The molecule has 6 heteroatoms. The van der Waals surface area contributed by atoms with Crippen LogP contribution in [0.3, 0.4) is 0 Å².